The van der Waals surface area contributed by atoms with Gasteiger partial charge in [-0.25, -0.2) is 18.5 Å². The molecular weight excluding hydrogens is 513 g/mol. The summed E-state index contributed by atoms with van der Waals surface area (Å²) in [5.41, 5.74) is 1.28. The number of aliphatic hydroxyl groups excluding tert-OH is 1. The van der Waals surface area contributed by atoms with Gasteiger partial charge >= 0.3 is 35.1 Å². The summed E-state index contributed by atoms with van der Waals surface area (Å²) >= 11 is 0. The molecule has 1 saturated heterocycles. The first-order chi connectivity index (χ1) is 14.3. The maximum atomic E-state index is 14.7. The van der Waals surface area contributed by atoms with Gasteiger partial charge in [0.1, 0.15) is 11.4 Å². The lowest BCUT2D eigenvalue weighted by atomic mass is 9.95. The molecule has 1 aliphatic rings. The second-order valence-electron chi connectivity index (χ2n) is 6.11. The van der Waals surface area contributed by atoms with Crippen molar-refractivity contribution in [3.63, 3.8) is 0 Å². The Morgan fingerprint density at radius 3 is 2.34 bits per heavy atom. The van der Waals surface area contributed by atoms with Crippen molar-refractivity contribution in [1.29, 1.82) is 0 Å². The quantitative estimate of drug-likeness (QED) is 0.176. The molecule has 182 valence electrons. The molecule has 0 saturated carbocycles. The molecule has 16 nitrogen and oxygen atoms in total. The Morgan fingerprint density at radius 2 is 1.84 bits per heavy atom. The summed E-state index contributed by atoms with van der Waals surface area (Å²) in [6, 6.07) is 0.965. The molecule has 0 spiro atoms. The zero-order valence-electron chi connectivity index (χ0n) is 15.4. The summed E-state index contributed by atoms with van der Waals surface area (Å²) in [7, 11) is -17.3. The van der Waals surface area contributed by atoms with Crippen molar-refractivity contribution >= 4 is 29.3 Å². The molecule has 0 aromatic carbocycles. The van der Waals surface area contributed by atoms with E-state index in [1.807, 2.05) is 0 Å². The smallest absolute Gasteiger partial charge is 0.383 e. The minimum Gasteiger partial charge on any atom is -0.383 e. The van der Waals surface area contributed by atoms with E-state index in [1.54, 1.807) is 0 Å². The van der Waals surface area contributed by atoms with Crippen LogP contribution in [0.25, 0.3) is 0 Å². The van der Waals surface area contributed by atoms with E-state index in [0.29, 0.717) is 6.08 Å². The van der Waals surface area contributed by atoms with Gasteiger partial charge in [-0.05, 0) is 6.07 Å². The zero-order chi connectivity index (χ0) is 24.8. The standard InChI is InChI=1S/C11H16F2N3O13P3/c1-2-10(5-26-31(22,23)29-32(24,25)28-30(19,20)21)7(17)11(12,13)8(27-10)16-4-3-6(14)15-9(16)18/h2-4,7-8,17H,1,5H2,(H,22,23)(H,24,25)(H2,14,15,18)(H2,19,20,21). The molecule has 1 aromatic rings. The normalized spacial score (nSPS) is 29.2. The summed E-state index contributed by atoms with van der Waals surface area (Å²) in [4.78, 5) is 50.7. The second kappa shape index (κ2) is 8.76. The van der Waals surface area contributed by atoms with E-state index in [1.165, 1.54) is 0 Å². The number of rotatable bonds is 9. The van der Waals surface area contributed by atoms with Crippen molar-refractivity contribution in [2.45, 2.75) is 23.9 Å². The van der Waals surface area contributed by atoms with Gasteiger partial charge in [0.2, 0.25) is 6.23 Å². The van der Waals surface area contributed by atoms with Crippen molar-refractivity contribution in [2.75, 3.05) is 12.3 Å². The average Bonchev–Trinajstić information content (AvgIpc) is 2.78. The third kappa shape index (κ3) is 5.94. The molecule has 1 fully saturated rings. The molecule has 0 amide bonds. The molecule has 0 bridgehead atoms. The van der Waals surface area contributed by atoms with Crippen molar-refractivity contribution in [3.05, 3.63) is 35.4 Å². The number of phosphoric acid groups is 3. The number of nitrogens with zero attached hydrogens (tertiary/aromatic N) is 2. The number of hydrogen-bond acceptors (Lipinski definition) is 11. The SMILES string of the molecule is C=CC1(COP(=O)(O)OP(=O)(O)OP(=O)(O)O)OC(n2ccc(N)nc2=O)C(F)(F)C1O. The highest BCUT2D eigenvalue weighted by Crippen LogP contribution is 2.66. The van der Waals surface area contributed by atoms with Crippen molar-refractivity contribution < 1.29 is 65.0 Å². The van der Waals surface area contributed by atoms with Gasteiger partial charge in [-0.2, -0.15) is 22.4 Å². The molecule has 2 rings (SSSR count). The van der Waals surface area contributed by atoms with Gasteiger partial charge in [-0.15, -0.1) is 6.58 Å². The van der Waals surface area contributed by atoms with Crippen molar-refractivity contribution in [3.8, 4) is 0 Å². The van der Waals surface area contributed by atoms with Gasteiger partial charge < -0.3 is 35.2 Å². The number of aliphatic hydroxyl groups is 1. The van der Waals surface area contributed by atoms with E-state index in [-0.39, 0.29) is 10.4 Å². The summed E-state index contributed by atoms with van der Waals surface area (Å²) in [6.45, 7) is 1.67. The molecule has 7 N–H and O–H groups in total. The Balaban J connectivity index is 2.28. The number of anilines is 1. The highest BCUT2D eigenvalue weighted by molar-refractivity contribution is 7.66. The fourth-order valence-electron chi connectivity index (χ4n) is 2.48. The lowest BCUT2D eigenvalue weighted by molar-refractivity contribution is -0.142. The van der Waals surface area contributed by atoms with E-state index in [4.69, 9.17) is 25.2 Å². The largest absolute Gasteiger partial charge is 0.490 e. The van der Waals surface area contributed by atoms with E-state index in [0.717, 1.165) is 12.3 Å². The molecule has 0 radical (unpaired) electrons. The average molecular weight is 529 g/mol. The molecule has 1 aliphatic heterocycles. The Labute approximate surface area is 176 Å². The van der Waals surface area contributed by atoms with Gasteiger partial charge in [0.15, 0.2) is 6.10 Å². The fraction of sp³-hybridized carbons (Fsp3) is 0.455. The van der Waals surface area contributed by atoms with Crippen LogP contribution >= 0.6 is 23.5 Å². The minimum atomic E-state index is -5.88. The van der Waals surface area contributed by atoms with Crippen LogP contribution in [-0.2, 0) is 31.6 Å². The predicted molar refractivity (Wildman–Crippen MR) is 96.7 cm³/mol. The maximum absolute atomic E-state index is 14.7. The van der Waals surface area contributed by atoms with Gasteiger partial charge in [0, 0.05) is 6.20 Å². The van der Waals surface area contributed by atoms with Crippen LogP contribution < -0.4 is 11.4 Å². The van der Waals surface area contributed by atoms with Gasteiger partial charge in [-0.3, -0.25) is 9.09 Å². The van der Waals surface area contributed by atoms with Crippen LogP contribution in [0.1, 0.15) is 6.23 Å². The fourth-order valence-corrected chi connectivity index (χ4v) is 5.54. The number of halogens is 2. The number of alkyl halides is 2. The third-order valence-corrected chi connectivity index (χ3v) is 7.59. The number of aromatic nitrogens is 2. The van der Waals surface area contributed by atoms with Crippen LogP contribution in [0.15, 0.2) is 29.7 Å². The molecule has 2 heterocycles. The molecule has 32 heavy (non-hydrogen) atoms. The van der Waals surface area contributed by atoms with Crippen LogP contribution in [0.3, 0.4) is 0 Å². The Kier molecular flexibility index (Phi) is 7.35. The first-order valence-electron chi connectivity index (χ1n) is 7.84. The summed E-state index contributed by atoms with van der Waals surface area (Å²) < 4.78 is 79.6. The van der Waals surface area contributed by atoms with Gasteiger partial charge in [0.05, 0.1) is 6.61 Å². The van der Waals surface area contributed by atoms with Crippen LogP contribution in [0, 0.1) is 0 Å². The van der Waals surface area contributed by atoms with E-state index in [2.05, 4.69) is 24.7 Å². The molecule has 1 aromatic heterocycles. The summed E-state index contributed by atoms with van der Waals surface area (Å²) in [5.74, 6) is -4.55. The number of phosphoric ester groups is 1. The minimum absolute atomic E-state index is 0.260. The summed E-state index contributed by atoms with van der Waals surface area (Å²) in [5, 5.41) is 10.1. The topological polar surface area (TPSA) is 250 Å². The first-order valence-corrected chi connectivity index (χ1v) is 12.4. The predicted octanol–water partition coefficient (Wildman–Crippen LogP) is -0.381. The van der Waals surface area contributed by atoms with Gasteiger partial charge in [-0.1, -0.05) is 6.08 Å². The van der Waals surface area contributed by atoms with E-state index >= 15 is 0 Å². The third-order valence-electron chi connectivity index (χ3n) is 3.81. The molecule has 5 unspecified atom stereocenters. The van der Waals surface area contributed by atoms with Crippen molar-refractivity contribution in [2.24, 2.45) is 0 Å². The van der Waals surface area contributed by atoms with Crippen molar-refractivity contribution in [1.82, 2.24) is 9.55 Å². The second-order valence-corrected chi connectivity index (χ2v) is 10.5. The number of nitrogens with two attached hydrogens (primary N) is 1. The Hall–Kier alpha value is -1.39. The van der Waals surface area contributed by atoms with Crippen LogP contribution in [0.2, 0.25) is 0 Å². The number of ether oxygens (including phenoxy) is 1. The molecule has 0 aliphatic carbocycles. The van der Waals surface area contributed by atoms with Crippen LogP contribution in [0.5, 0.6) is 0 Å². The Morgan fingerprint density at radius 1 is 1.25 bits per heavy atom. The Bertz CT molecular complexity index is 1090. The highest BCUT2D eigenvalue weighted by atomic mass is 31.3. The molecule has 21 heteroatoms. The van der Waals surface area contributed by atoms with E-state index < -0.39 is 59.6 Å². The number of hydrogen-bond donors (Lipinski definition) is 6. The lowest BCUT2D eigenvalue weighted by Gasteiger charge is -2.28. The monoisotopic (exact) mass is 529 g/mol. The maximum Gasteiger partial charge on any atom is 0.490 e. The van der Waals surface area contributed by atoms with Crippen LogP contribution in [-0.4, -0.2) is 58.5 Å². The highest BCUT2D eigenvalue weighted by Gasteiger charge is 2.66. The summed E-state index contributed by atoms with van der Waals surface area (Å²) in [6.07, 6.45) is -4.07. The van der Waals surface area contributed by atoms with Gasteiger partial charge in [0.25, 0.3) is 0 Å². The van der Waals surface area contributed by atoms with E-state index in [9.17, 15) is 37.3 Å². The van der Waals surface area contributed by atoms with Crippen LogP contribution in [0.4, 0.5) is 14.6 Å². The number of nitrogen functional groups attached to an aromatic ring is 1. The molecule has 5 atom stereocenters. The zero-order valence-corrected chi connectivity index (χ0v) is 18.1. The molecular formula is C11H16F2N3O13P3. The first kappa shape index (κ1) is 26.9. The lowest BCUT2D eigenvalue weighted by Crippen LogP contribution is -2.48.